The van der Waals surface area contributed by atoms with Gasteiger partial charge in [0.15, 0.2) is 5.82 Å². The van der Waals surface area contributed by atoms with E-state index in [1.165, 1.54) is 6.20 Å². The lowest BCUT2D eigenvalue weighted by Gasteiger charge is -2.11. The van der Waals surface area contributed by atoms with Crippen LogP contribution in [0.2, 0.25) is 0 Å². The molecular formula is C20H21N5O. The molecule has 0 aliphatic carbocycles. The van der Waals surface area contributed by atoms with Crippen molar-refractivity contribution in [1.82, 2.24) is 9.97 Å². The summed E-state index contributed by atoms with van der Waals surface area (Å²) in [7, 11) is 5.18. The Morgan fingerprint density at radius 1 is 1.15 bits per heavy atom. The van der Waals surface area contributed by atoms with Crippen LogP contribution in [0.3, 0.4) is 0 Å². The summed E-state index contributed by atoms with van der Waals surface area (Å²) in [6.45, 7) is 0. The molecule has 2 aromatic carbocycles. The molecule has 0 aliphatic rings. The van der Waals surface area contributed by atoms with Gasteiger partial charge in [-0.3, -0.25) is 4.99 Å². The largest absolute Gasteiger partial charge is 0.497 e. The zero-order valence-electron chi connectivity index (χ0n) is 15.0. The van der Waals surface area contributed by atoms with Crippen LogP contribution in [-0.4, -0.2) is 37.4 Å². The Morgan fingerprint density at radius 3 is 2.65 bits per heavy atom. The molecule has 0 radical (unpaired) electrons. The predicted octanol–water partition coefficient (Wildman–Crippen LogP) is 3.35. The van der Waals surface area contributed by atoms with E-state index in [1.807, 2.05) is 43.4 Å². The van der Waals surface area contributed by atoms with Crippen molar-refractivity contribution in [2.45, 2.75) is 0 Å². The molecule has 0 unspecified atom stereocenters. The average molecular weight is 347 g/mol. The number of nitrogens with zero attached hydrogens (tertiary/aromatic N) is 3. The molecule has 1 heterocycles. The number of benzene rings is 2. The topological polar surface area (TPSA) is 85.4 Å². The molecule has 0 spiro atoms. The first kappa shape index (κ1) is 17.4. The van der Waals surface area contributed by atoms with E-state index in [9.17, 15) is 0 Å². The second kappa shape index (κ2) is 7.65. The van der Waals surface area contributed by atoms with Gasteiger partial charge < -0.3 is 15.8 Å². The Bertz CT molecular complexity index is 995. The molecule has 132 valence electrons. The lowest BCUT2D eigenvalue weighted by atomic mass is 10.0. The fourth-order valence-electron chi connectivity index (χ4n) is 2.74. The summed E-state index contributed by atoms with van der Waals surface area (Å²) in [6.07, 6.45) is 3.10. The number of methoxy groups -OCH3 is 1. The molecule has 6 nitrogen and oxygen atoms in total. The molecule has 0 atom stereocenters. The molecule has 6 heteroatoms. The number of anilines is 1. The van der Waals surface area contributed by atoms with Crippen LogP contribution >= 0.6 is 0 Å². The summed E-state index contributed by atoms with van der Waals surface area (Å²) < 4.78 is 5.32. The molecule has 3 N–H and O–H groups in total. The molecule has 26 heavy (non-hydrogen) atoms. The Kier molecular flexibility index (Phi) is 5.12. The first-order chi connectivity index (χ1) is 12.7. The van der Waals surface area contributed by atoms with E-state index in [4.69, 9.17) is 10.5 Å². The van der Waals surface area contributed by atoms with Gasteiger partial charge in [0.05, 0.1) is 18.2 Å². The van der Waals surface area contributed by atoms with Crippen LogP contribution in [0.1, 0.15) is 5.82 Å². The van der Waals surface area contributed by atoms with Gasteiger partial charge >= 0.3 is 0 Å². The Hall–Kier alpha value is -3.41. The van der Waals surface area contributed by atoms with Crippen LogP contribution < -0.4 is 15.8 Å². The SMILES string of the molecule is CN=CC(=CN)c1nc(NC)c2cc(-c3cccc(OC)c3)ccc2n1. The van der Waals surface area contributed by atoms with E-state index in [2.05, 4.69) is 26.3 Å². The monoisotopic (exact) mass is 347 g/mol. The molecule has 0 amide bonds. The summed E-state index contributed by atoms with van der Waals surface area (Å²) in [4.78, 5) is 13.2. The minimum Gasteiger partial charge on any atom is -0.497 e. The van der Waals surface area contributed by atoms with Crippen molar-refractivity contribution >= 4 is 28.5 Å². The normalized spacial score (nSPS) is 11.9. The third-order valence-corrected chi connectivity index (χ3v) is 4.04. The van der Waals surface area contributed by atoms with Crippen LogP contribution in [0.25, 0.3) is 27.6 Å². The number of aliphatic imine (C=N–C) groups is 1. The molecular weight excluding hydrogens is 326 g/mol. The van der Waals surface area contributed by atoms with Gasteiger partial charge in [-0.25, -0.2) is 9.97 Å². The standard InChI is InChI=1S/C20H21N5O/c1-22-12-15(11-21)19-24-18-8-7-14(10-17(18)20(23-2)25-19)13-5-4-6-16(9-13)26-3/h4-12H,21H2,1-3H3,(H,23,24,25). The average Bonchev–Trinajstić information content (AvgIpc) is 2.70. The maximum Gasteiger partial charge on any atom is 0.165 e. The molecule has 0 aliphatic heterocycles. The predicted molar refractivity (Wildman–Crippen MR) is 108 cm³/mol. The number of hydrogen-bond acceptors (Lipinski definition) is 6. The molecule has 0 fully saturated rings. The van der Waals surface area contributed by atoms with Gasteiger partial charge in [-0.1, -0.05) is 18.2 Å². The van der Waals surface area contributed by atoms with Crippen LogP contribution in [0.4, 0.5) is 5.82 Å². The van der Waals surface area contributed by atoms with Crippen LogP contribution in [-0.2, 0) is 0 Å². The molecule has 0 saturated heterocycles. The van der Waals surface area contributed by atoms with Gasteiger partial charge in [0.1, 0.15) is 11.6 Å². The summed E-state index contributed by atoms with van der Waals surface area (Å²) >= 11 is 0. The molecule has 3 rings (SSSR count). The van der Waals surface area contributed by atoms with Crippen molar-refractivity contribution in [1.29, 1.82) is 0 Å². The van der Waals surface area contributed by atoms with E-state index in [0.717, 1.165) is 33.6 Å². The number of rotatable bonds is 5. The number of fused-ring (bicyclic) bond motifs is 1. The summed E-state index contributed by atoms with van der Waals surface area (Å²) in [6, 6.07) is 14.0. The van der Waals surface area contributed by atoms with E-state index in [1.54, 1.807) is 20.4 Å². The highest BCUT2D eigenvalue weighted by Crippen LogP contribution is 2.29. The van der Waals surface area contributed by atoms with Crippen LogP contribution in [0.5, 0.6) is 5.75 Å². The first-order valence-corrected chi connectivity index (χ1v) is 8.18. The Morgan fingerprint density at radius 2 is 1.96 bits per heavy atom. The smallest absolute Gasteiger partial charge is 0.165 e. The highest BCUT2D eigenvalue weighted by atomic mass is 16.5. The van der Waals surface area contributed by atoms with Gasteiger partial charge in [-0.15, -0.1) is 0 Å². The summed E-state index contributed by atoms with van der Waals surface area (Å²) in [5.41, 5.74) is 9.32. The number of aromatic nitrogens is 2. The number of nitrogens with one attached hydrogen (secondary N) is 1. The fourth-order valence-corrected chi connectivity index (χ4v) is 2.74. The maximum absolute atomic E-state index is 5.69. The zero-order valence-corrected chi connectivity index (χ0v) is 15.0. The minimum absolute atomic E-state index is 0.532. The number of allylic oxidation sites excluding steroid dienone is 1. The van der Waals surface area contributed by atoms with Crippen molar-refractivity contribution < 1.29 is 4.74 Å². The summed E-state index contributed by atoms with van der Waals surface area (Å²) in [5, 5.41) is 4.08. The van der Waals surface area contributed by atoms with Gasteiger partial charge in [0, 0.05) is 31.9 Å². The number of hydrogen-bond donors (Lipinski definition) is 2. The highest BCUT2D eigenvalue weighted by Gasteiger charge is 2.11. The van der Waals surface area contributed by atoms with Gasteiger partial charge in [0.25, 0.3) is 0 Å². The quantitative estimate of drug-likeness (QED) is 0.691. The number of nitrogens with two attached hydrogens (primary N) is 1. The third-order valence-electron chi connectivity index (χ3n) is 4.04. The van der Waals surface area contributed by atoms with Crippen LogP contribution in [0.15, 0.2) is 53.7 Å². The second-order valence-corrected chi connectivity index (χ2v) is 5.62. The van der Waals surface area contributed by atoms with E-state index in [-0.39, 0.29) is 0 Å². The van der Waals surface area contributed by atoms with E-state index >= 15 is 0 Å². The highest BCUT2D eigenvalue weighted by molar-refractivity contribution is 6.09. The van der Waals surface area contributed by atoms with Crippen molar-refractivity contribution in [2.24, 2.45) is 10.7 Å². The second-order valence-electron chi connectivity index (χ2n) is 5.62. The molecule has 3 aromatic rings. The van der Waals surface area contributed by atoms with Crippen molar-refractivity contribution in [2.75, 3.05) is 26.5 Å². The Labute approximate surface area is 152 Å². The van der Waals surface area contributed by atoms with E-state index in [0.29, 0.717) is 11.4 Å². The summed E-state index contributed by atoms with van der Waals surface area (Å²) in [5.74, 6) is 2.09. The van der Waals surface area contributed by atoms with Crippen LogP contribution in [0, 0.1) is 0 Å². The first-order valence-electron chi connectivity index (χ1n) is 8.18. The Balaban J connectivity index is 2.15. The number of ether oxygens (including phenoxy) is 1. The maximum atomic E-state index is 5.69. The zero-order chi connectivity index (χ0) is 18.5. The van der Waals surface area contributed by atoms with Crippen molar-refractivity contribution in [3.05, 3.63) is 54.5 Å². The van der Waals surface area contributed by atoms with E-state index < -0.39 is 0 Å². The molecule has 0 saturated carbocycles. The third kappa shape index (κ3) is 3.35. The fraction of sp³-hybridized carbons (Fsp3) is 0.150. The van der Waals surface area contributed by atoms with Crippen molar-refractivity contribution in [3.63, 3.8) is 0 Å². The molecule has 0 bridgehead atoms. The lowest BCUT2D eigenvalue weighted by molar-refractivity contribution is 0.415. The molecule has 1 aromatic heterocycles. The van der Waals surface area contributed by atoms with Crippen molar-refractivity contribution in [3.8, 4) is 16.9 Å². The van der Waals surface area contributed by atoms with Gasteiger partial charge in [-0.05, 0) is 35.4 Å². The van der Waals surface area contributed by atoms with Gasteiger partial charge in [-0.2, -0.15) is 0 Å². The minimum atomic E-state index is 0.532. The lowest BCUT2D eigenvalue weighted by Crippen LogP contribution is -2.03. The van der Waals surface area contributed by atoms with Gasteiger partial charge in [0.2, 0.25) is 0 Å².